The summed E-state index contributed by atoms with van der Waals surface area (Å²) in [7, 11) is 0. The molecular weight excluding hydrogens is 271 g/mol. The molecule has 2 rings (SSSR count). The Labute approximate surface area is 115 Å². The molecule has 3 nitrogen and oxygen atoms in total. The lowest BCUT2D eigenvalue weighted by Gasteiger charge is -2.11. The molecule has 0 spiro atoms. The molecule has 2 aromatic rings. The molecule has 18 heavy (non-hydrogen) atoms. The second-order valence-electron chi connectivity index (χ2n) is 3.91. The second kappa shape index (κ2) is 5.57. The van der Waals surface area contributed by atoms with Crippen LogP contribution in [0.1, 0.15) is 18.5 Å². The van der Waals surface area contributed by atoms with Crippen molar-refractivity contribution in [2.24, 2.45) is 5.73 Å². The van der Waals surface area contributed by atoms with Crippen molar-refractivity contribution in [1.29, 1.82) is 0 Å². The number of aromatic nitrogens is 1. The highest BCUT2D eigenvalue weighted by Gasteiger charge is 2.07. The van der Waals surface area contributed by atoms with Crippen molar-refractivity contribution in [3.05, 3.63) is 52.3 Å². The van der Waals surface area contributed by atoms with E-state index in [-0.39, 0.29) is 6.04 Å². The van der Waals surface area contributed by atoms with Gasteiger partial charge in [-0.2, -0.15) is 0 Å². The predicted octanol–water partition coefficient (Wildman–Crippen LogP) is 4.20. The Morgan fingerprint density at radius 2 is 1.94 bits per heavy atom. The van der Waals surface area contributed by atoms with E-state index in [2.05, 4.69) is 4.98 Å². The molecular formula is C13H12Cl2N2O. The molecule has 0 bridgehead atoms. The lowest BCUT2D eigenvalue weighted by molar-refractivity contribution is 0.480. The van der Waals surface area contributed by atoms with Gasteiger partial charge in [0.1, 0.15) is 11.5 Å². The summed E-state index contributed by atoms with van der Waals surface area (Å²) in [5, 5.41) is 1.10. The summed E-state index contributed by atoms with van der Waals surface area (Å²) >= 11 is 11.9. The Hall–Kier alpha value is -1.29. The van der Waals surface area contributed by atoms with Gasteiger partial charge >= 0.3 is 0 Å². The van der Waals surface area contributed by atoms with E-state index in [0.717, 1.165) is 5.56 Å². The molecule has 0 saturated carbocycles. The van der Waals surface area contributed by atoms with Crippen LogP contribution in [0.3, 0.4) is 0 Å². The third kappa shape index (κ3) is 3.13. The zero-order valence-corrected chi connectivity index (χ0v) is 11.2. The van der Waals surface area contributed by atoms with Crippen LogP contribution in [-0.2, 0) is 0 Å². The second-order valence-corrected chi connectivity index (χ2v) is 4.76. The van der Waals surface area contributed by atoms with Crippen molar-refractivity contribution in [2.45, 2.75) is 13.0 Å². The first-order valence-corrected chi connectivity index (χ1v) is 6.15. The largest absolute Gasteiger partial charge is 0.456 e. The molecule has 1 atom stereocenters. The lowest BCUT2D eigenvalue weighted by atomic mass is 10.1. The van der Waals surface area contributed by atoms with Gasteiger partial charge in [-0.3, -0.25) is 4.98 Å². The van der Waals surface area contributed by atoms with Crippen molar-refractivity contribution in [1.82, 2.24) is 4.98 Å². The summed E-state index contributed by atoms with van der Waals surface area (Å²) in [6.45, 7) is 1.88. The van der Waals surface area contributed by atoms with Crippen LogP contribution in [-0.4, -0.2) is 4.98 Å². The number of ether oxygens (including phenoxy) is 1. The third-order valence-electron chi connectivity index (χ3n) is 2.38. The molecule has 1 heterocycles. The van der Waals surface area contributed by atoms with Crippen LogP contribution in [0.15, 0.2) is 36.7 Å². The number of nitrogens with two attached hydrogens (primary N) is 1. The van der Waals surface area contributed by atoms with Crippen LogP contribution in [0.5, 0.6) is 11.5 Å². The number of hydrogen-bond donors (Lipinski definition) is 1. The van der Waals surface area contributed by atoms with Gasteiger partial charge in [-0.05, 0) is 24.6 Å². The van der Waals surface area contributed by atoms with Crippen molar-refractivity contribution in [3.8, 4) is 11.5 Å². The minimum Gasteiger partial charge on any atom is -0.456 e. The van der Waals surface area contributed by atoms with Crippen LogP contribution >= 0.6 is 23.2 Å². The first kappa shape index (κ1) is 13.1. The van der Waals surface area contributed by atoms with E-state index >= 15 is 0 Å². The van der Waals surface area contributed by atoms with Gasteiger partial charge < -0.3 is 10.5 Å². The van der Waals surface area contributed by atoms with E-state index in [0.29, 0.717) is 21.5 Å². The monoisotopic (exact) mass is 282 g/mol. The van der Waals surface area contributed by atoms with E-state index in [1.54, 1.807) is 24.5 Å². The van der Waals surface area contributed by atoms with Gasteiger partial charge in [-0.15, -0.1) is 0 Å². The summed E-state index contributed by atoms with van der Waals surface area (Å²) in [4.78, 5) is 3.94. The van der Waals surface area contributed by atoms with Crippen molar-refractivity contribution >= 4 is 23.2 Å². The van der Waals surface area contributed by atoms with Crippen molar-refractivity contribution < 1.29 is 4.74 Å². The van der Waals surface area contributed by atoms with Crippen LogP contribution in [0.25, 0.3) is 0 Å². The maximum Gasteiger partial charge on any atom is 0.147 e. The minimum absolute atomic E-state index is 0.112. The van der Waals surface area contributed by atoms with Gasteiger partial charge in [0.15, 0.2) is 0 Å². The summed E-state index contributed by atoms with van der Waals surface area (Å²) in [5.41, 5.74) is 6.67. The smallest absolute Gasteiger partial charge is 0.147 e. The fraction of sp³-hybridized carbons (Fsp3) is 0.154. The molecule has 1 unspecified atom stereocenters. The van der Waals surface area contributed by atoms with Gasteiger partial charge in [0.25, 0.3) is 0 Å². The zero-order chi connectivity index (χ0) is 13.1. The van der Waals surface area contributed by atoms with Gasteiger partial charge in [0.05, 0.1) is 11.2 Å². The quantitative estimate of drug-likeness (QED) is 0.918. The highest BCUT2D eigenvalue weighted by atomic mass is 35.5. The number of benzene rings is 1. The van der Waals surface area contributed by atoms with Crippen LogP contribution in [0.2, 0.25) is 10.0 Å². The summed E-state index contributed by atoms with van der Waals surface area (Å²) in [5.74, 6) is 1.18. The Morgan fingerprint density at radius 1 is 1.17 bits per heavy atom. The number of hydrogen-bond acceptors (Lipinski definition) is 3. The molecule has 94 valence electrons. The Morgan fingerprint density at radius 3 is 2.56 bits per heavy atom. The predicted molar refractivity (Wildman–Crippen MR) is 73.4 cm³/mol. The molecule has 0 aliphatic heterocycles. The molecule has 1 aromatic carbocycles. The summed E-state index contributed by atoms with van der Waals surface area (Å²) < 4.78 is 5.60. The Bertz CT molecular complexity index is 558. The number of nitrogens with zero attached hydrogens (tertiary/aromatic N) is 1. The van der Waals surface area contributed by atoms with Crippen molar-refractivity contribution in [2.75, 3.05) is 0 Å². The number of rotatable bonds is 3. The van der Waals surface area contributed by atoms with Crippen LogP contribution < -0.4 is 10.5 Å². The summed E-state index contributed by atoms with van der Waals surface area (Å²) in [6.07, 6.45) is 3.12. The molecule has 1 aromatic heterocycles. The van der Waals surface area contributed by atoms with Gasteiger partial charge in [0.2, 0.25) is 0 Å². The molecule has 5 heteroatoms. The Kier molecular flexibility index (Phi) is 4.07. The molecule has 0 amide bonds. The maximum absolute atomic E-state index is 6.12. The van der Waals surface area contributed by atoms with Crippen LogP contribution in [0, 0.1) is 0 Å². The van der Waals surface area contributed by atoms with Crippen molar-refractivity contribution in [3.63, 3.8) is 0 Å². The Balaban J connectivity index is 2.23. The maximum atomic E-state index is 6.12. The van der Waals surface area contributed by atoms with Gasteiger partial charge in [0, 0.05) is 23.3 Å². The molecule has 2 N–H and O–H groups in total. The zero-order valence-electron chi connectivity index (χ0n) is 9.73. The number of halogens is 2. The highest BCUT2D eigenvalue weighted by Crippen LogP contribution is 2.29. The van der Waals surface area contributed by atoms with E-state index in [4.69, 9.17) is 33.7 Å². The standard InChI is InChI=1S/C13H12Cl2N2O/c1-8(16)12-3-2-10(5-13(12)15)18-11-4-9(14)6-17-7-11/h2-8H,16H2,1H3. The van der Waals surface area contributed by atoms with E-state index in [9.17, 15) is 0 Å². The average molecular weight is 283 g/mol. The van der Waals surface area contributed by atoms with E-state index < -0.39 is 0 Å². The molecule has 0 radical (unpaired) electrons. The molecule has 0 saturated heterocycles. The first-order valence-electron chi connectivity index (χ1n) is 5.39. The SMILES string of the molecule is CC(N)c1ccc(Oc2cncc(Cl)c2)cc1Cl. The average Bonchev–Trinajstić information content (AvgIpc) is 2.28. The molecule has 0 fully saturated rings. The molecule has 0 aliphatic rings. The number of pyridine rings is 1. The highest BCUT2D eigenvalue weighted by molar-refractivity contribution is 6.31. The topological polar surface area (TPSA) is 48.1 Å². The van der Waals surface area contributed by atoms with Gasteiger partial charge in [-0.25, -0.2) is 0 Å². The summed E-state index contributed by atoms with van der Waals surface area (Å²) in [6, 6.07) is 6.95. The van der Waals surface area contributed by atoms with E-state index in [1.165, 1.54) is 0 Å². The first-order chi connectivity index (χ1) is 8.56. The van der Waals surface area contributed by atoms with Crippen LogP contribution in [0.4, 0.5) is 0 Å². The molecule has 0 aliphatic carbocycles. The fourth-order valence-electron chi connectivity index (χ4n) is 1.52. The van der Waals surface area contributed by atoms with Gasteiger partial charge in [-0.1, -0.05) is 29.3 Å². The normalized spacial score (nSPS) is 12.2. The lowest BCUT2D eigenvalue weighted by Crippen LogP contribution is -2.05. The third-order valence-corrected chi connectivity index (χ3v) is 2.91. The van der Waals surface area contributed by atoms with E-state index in [1.807, 2.05) is 19.1 Å². The minimum atomic E-state index is -0.112. The fourth-order valence-corrected chi connectivity index (χ4v) is 2.03.